The summed E-state index contributed by atoms with van der Waals surface area (Å²) < 4.78 is 0. The van der Waals surface area contributed by atoms with Crippen molar-refractivity contribution >= 4 is 22.7 Å². The predicted molar refractivity (Wildman–Crippen MR) is 69.5 cm³/mol. The monoisotopic (exact) mass is 245 g/mol. The van der Waals surface area contributed by atoms with Crippen molar-refractivity contribution < 1.29 is 9.90 Å². The van der Waals surface area contributed by atoms with E-state index in [1.807, 2.05) is 31.2 Å². The maximum Gasteiger partial charge on any atom is 0.329 e. The summed E-state index contributed by atoms with van der Waals surface area (Å²) in [5.74, 6) is -0.347. The minimum atomic E-state index is -1.03. The molecular weight excluding hydrogens is 230 g/mol. The number of anilines is 1. The lowest BCUT2D eigenvalue weighted by atomic mass is 9.99. The molecule has 0 spiro atoms. The summed E-state index contributed by atoms with van der Waals surface area (Å²) in [6, 6.07) is 7.50. The Balaban J connectivity index is 2.46. The molecule has 0 aliphatic carbocycles. The van der Waals surface area contributed by atoms with Gasteiger partial charge in [0.05, 0.1) is 5.52 Å². The lowest BCUT2D eigenvalue weighted by molar-refractivity contribution is -0.141. The predicted octanol–water partition coefficient (Wildman–Crippen LogP) is 2.29. The van der Waals surface area contributed by atoms with Crippen LogP contribution in [-0.2, 0) is 4.79 Å². The zero-order chi connectivity index (χ0) is 13.2. The summed E-state index contributed by atoms with van der Waals surface area (Å²) in [6.07, 6.45) is 1.89. The zero-order valence-electron chi connectivity index (χ0n) is 10.3. The van der Waals surface area contributed by atoms with Crippen molar-refractivity contribution in [2.24, 2.45) is 0 Å². The molecule has 2 aromatic rings. The Labute approximate surface area is 105 Å². The van der Waals surface area contributed by atoms with Crippen LogP contribution in [0.4, 0.5) is 5.82 Å². The number of nitrogens with zero attached hydrogens (tertiary/aromatic N) is 2. The quantitative estimate of drug-likeness (QED) is 0.864. The number of nitrogens with one attached hydrogen (secondary N) is 1. The maximum atomic E-state index is 11.3. The zero-order valence-corrected chi connectivity index (χ0v) is 10.3. The van der Waals surface area contributed by atoms with Crippen LogP contribution in [0.5, 0.6) is 0 Å². The Morgan fingerprint density at radius 3 is 2.78 bits per heavy atom. The number of aromatic nitrogens is 2. The molecule has 1 atom stereocenters. The minimum Gasteiger partial charge on any atom is -0.480 e. The van der Waals surface area contributed by atoms with Gasteiger partial charge in [0.15, 0.2) is 0 Å². The highest BCUT2D eigenvalue weighted by Crippen LogP contribution is 2.23. The van der Waals surface area contributed by atoms with Gasteiger partial charge in [-0.25, -0.2) is 14.8 Å². The van der Waals surface area contributed by atoms with Crippen LogP contribution >= 0.6 is 0 Å². The Morgan fingerprint density at radius 2 is 2.11 bits per heavy atom. The van der Waals surface area contributed by atoms with Crippen LogP contribution in [-0.4, -0.2) is 26.6 Å². The maximum absolute atomic E-state index is 11.3. The molecule has 2 N–H and O–H groups in total. The molecule has 0 fully saturated rings. The first kappa shape index (κ1) is 12.3. The second kappa shape index (κ2) is 4.60. The first-order valence-corrected chi connectivity index (χ1v) is 5.78. The summed E-state index contributed by atoms with van der Waals surface area (Å²) in [7, 11) is 0. The van der Waals surface area contributed by atoms with E-state index >= 15 is 0 Å². The topological polar surface area (TPSA) is 75.1 Å². The molecule has 0 aliphatic rings. The van der Waals surface area contributed by atoms with E-state index in [0.717, 1.165) is 10.9 Å². The standard InChI is InChI=1S/C13H15N3O2/c1-3-13(2,12(17)18)16-11-9-6-4-5-7-10(9)14-8-15-11/h4-8H,3H2,1-2H3,(H,17,18)(H,14,15,16). The third-order valence-corrected chi connectivity index (χ3v) is 3.12. The van der Waals surface area contributed by atoms with E-state index in [1.165, 1.54) is 6.33 Å². The van der Waals surface area contributed by atoms with E-state index in [0.29, 0.717) is 12.2 Å². The van der Waals surface area contributed by atoms with Gasteiger partial charge in [0.25, 0.3) is 0 Å². The van der Waals surface area contributed by atoms with E-state index in [9.17, 15) is 9.90 Å². The van der Waals surface area contributed by atoms with Crippen molar-refractivity contribution in [2.45, 2.75) is 25.8 Å². The van der Waals surface area contributed by atoms with Crippen LogP contribution in [0.25, 0.3) is 10.9 Å². The highest BCUT2D eigenvalue weighted by atomic mass is 16.4. The fraction of sp³-hybridized carbons (Fsp3) is 0.308. The van der Waals surface area contributed by atoms with Crippen LogP contribution in [0.1, 0.15) is 20.3 Å². The number of benzene rings is 1. The molecule has 5 nitrogen and oxygen atoms in total. The molecule has 0 radical (unpaired) electrons. The van der Waals surface area contributed by atoms with Crippen molar-refractivity contribution in [3.05, 3.63) is 30.6 Å². The van der Waals surface area contributed by atoms with Gasteiger partial charge in [0.1, 0.15) is 17.7 Å². The highest BCUT2D eigenvalue weighted by molar-refractivity contribution is 5.91. The number of fused-ring (bicyclic) bond motifs is 1. The van der Waals surface area contributed by atoms with Crippen LogP contribution in [0.15, 0.2) is 30.6 Å². The second-order valence-corrected chi connectivity index (χ2v) is 4.36. The van der Waals surface area contributed by atoms with Crippen molar-refractivity contribution in [3.63, 3.8) is 0 Å². The fourth-order valence-electron chi connectivity index (χ4n) is 1.66. The Kier molecular flexibility index (Phi) is 3.14. The molecule has 0 saturated carbocycles. The first-order valence-electron chi connectivity index (χ1n) is 5.78. The number of hydrogen-bond donors (Lipinski definition) is 2. The van der Waals surface area contributed by atoms with Crippen LogP contribution in [0.3, 0.4) is 0 Å². The van der Waals surface area contributed by atoms with Gasteiger partial charge < -0.3 is 10.4 Å². The minimum absolute atomic E-state index is 0.459. The smallest absolute Gasteiger partial charge is 0.329 e. The van der Waals surface area contributed by atoms with Gasteiger partial charge in [-0.15, -0.1) is 0 Å². The Hall–Kier alpha value is -2.17. The number of para-hydroxylation sites is 1. The van der Waals surface area contributed by atoms with Crippen molar-refractivity contribution in [1.82, 2.24) is 9.97 Å². The summed E-state index contributed by atoms with van der Waals surface area (Å²) >= 11 is 0. The summed E-state index contributed by atoms with van der Waals surface area (Å²) in [4.78, 5) is 19.6. The van der Waals surface area contributed by atoms with Gasteiger partial charge in [-0.1, -0.05) is 19.1 Å². The van der Waals surface area contributed by atoms with Crippen LogP contribution < -0.4 is 5.32 Å². The number of hydrogen-bond acceptors (Lipinski definition) is 4. The summed E-state index contributed by atoms with van der Waals surface area (Å²) in [5.41, 5.74) is -0.240. The van der Waals surface area contributed by atoms with E-state index in [4.69, 9.17) is 0 Å². The normalized spacial score (nSPS) is 14.1. The lowest BCUT2D eigenvalue weighted by Crippen LogP contribution is -2.43. The van der Waals surface area contributed by atoms with Crippen molar-refractivity contribution in [2.75, 3.05) is 5.32 Å². The van der Waals surface area contributed by atoms with Gasteiger partial charge >= 0.3 is 5.97 Å². The van der Waals surface area contributed by atoms with E-state index in [1.54, 1.807) is 6.92 Å². The van der Waals surface area contributed by atoms with Gasteiger partial charge in [0.2, 0.25) is 0 Å². The van der Waals surface area contributed by atoms with Crippen molar-refractivity contribution in [1.29, 1.82) is 0 Å². The largest absolute Gasteiger partial charge is 0.480 e. The van der Waals surface area contributed by atoms with E-state index in [-0.39, 0.29) is 0 Å². The number of rotatable bonds is 4. The van der Waals surface area contributed by atoms with Gasteiger partial charge in [-0.05, 0) is 25.5 Å². The summed E-state index contributed by atoms with van der Waals surface area (Å²) in [6.45, 7) is 3.47. The molecule has 18 heavy (non-hydrogen) atoms. The molecule has 94 valence electrons. The van der Waals surface area contributed by atoms with Crippen LogP contribution in [0.2, 0.25) is 0 Å². The lowest BCUT2D eigenvalue weighted by Gasteiger charge is -2.25. The molecule has 1 aromatic heterocycles. The highest BCUT2D eigenvalue weighted by Gasteiger charge is 2.31. The first-order chi connectivity index (χ1) is 8.57. The summed E-state index contributed by atoms with van der Waals surface area (Å²) in [5, 5.41) is 13.1. The van der Waals surface area contributed by atoms with Gasteiger partial charge in [0, 0.05) is 5.39 Å². The molecule has 0 amide bonds. The average molecular weight is 245 g/mol. The SMILES string of the molecule is CCC(C)(Nc1ncnc2ccccc12)C(=O)O. The number of carboxylic acid groups (broad SMARTS) is 1. The fourth-order valence-corrected chi connectivity index (χ4v) is 1.66. The molecule has 0 bridgehead atoms. The Bertz CT molecular complexity index is 580. The molecule has 0 aliphatic heterocycles. The molecule has 1 heterocycles. The molecule has 1 unspecified atom stereocenters. The number of aliphatic carboxylic acids is 1. The average Bonchev–Trinajstić information content (AvgIpc) is 2.39. The molecule has 1 aromatic carbocycles. The third-order valence-electron chi connectivity index (χ3n) is 3.12. The van der Waals surface area contributed by atoms with E-state index < -0.39 is 11.5 Å². The molecule has 0 saturated heterocycles. The third kappa shape index (κ3) is 2.11. The van der Waals surface area contributed by atoms with Gasteiger partial charge in [-0.2, -0.15) is 0 Å². The van der Waals surface area contributed by atoms with E-state index in [2.05, 4.69) is 15.3 Å². The molecule has 2 rings (SSSR count). The van der Waals surface area contributed by atoms with Crippen molar-refractivity contribution in [3.8, 4) is 0 Å². The molecular formula is C13H15N3O2. The molecule has 5 heteroatoms. The van der Waals surface area contributed by atoms with Gasteiger partial charge in [-0.3, -0.25) is 0 Å². The van der Waals surface area contributed by atoms with Crippen LogP contribution in [0, 0.1) is 0 Å². The second-order valence-electron chi connectivity index (χ2n) is 4.36. The number of carboxylic acids is 1. The Morgan fingerprint density at radius 1 is 1.39 bits per heavy atom. The number of carbonyl (C=O) groups is 1.